The van der Waals surface area contributed by atoms with Gasteiger partial charge in [-0.3, -0.25) is 4.79 Å². The van der Waals surface area contributed by atoms with E-state index in [1.165, 1.54) is 13.8 Å². The number of methoxy groups -OCH3 is 1. The fourth-order valence-corrected chi connectivity index (χ4v) is 2.89. The zero-order valence-electron chi connectivity index (χ0n) is 18.6. The zero-order chi connectivity index (χ0) is 25.0. The lowest BCUT2D eigenvalue weighted by atomic mass is 9.92. The molecule has 32 heavy (non-hydrogen) atoms. The molecule has 192 valence electrons. The topological polar surface area (TPSA) is 233 Å². The predicted octanol–water partition coefficient (Wildman–Crippen LogP) is -3.43. The summed E-state index contributed by atoms with van der Waals surface area (Å²) in [4.78, 5) is 10.7. The molecule has 0 aliphatic rings. The number of aliphatic hydroxyl groups is 7. The van der Waals surface area contributed by atoms with E-state index in [9.17, 15) is 40.5 Å². The Labute approximate surface area is 187 Å². The molecule has 0 bridgehead atoms. The van der Waals surface area contributed by atoms with E-state index in [2.05, 4.69) is 0 Å². The number of aliphatic carboxylic acids is 1. The summed E-state index contributed by atoms with van der Waals surface area (Å²) < 4.78 is 15.4. The van der Waals surface area contributed by atoms with Crippen LogP contribution in [0.2, 0.25) is 0 Å². The van der Waals surface area contributed by atoms with Gasteiger partial charge < -0.3 is 60.8 Å². The second-order valence-corrected chi connectivity index (χ2v) is 7.78. The Hall–Kier alpha value is -0.970. The molecule has 0 heterocycles. The summed E-state index contributed by atoms with van der Waals surface area (Å²) in [6, 6.07) is 0. The van der Waals surface area contributed by atoms with Crippen molar-refractivity contribution in [1.29, 1.82) is 0 Å². The Morgan fingerprint density at radius 3 is 1.94 bits per heavy atom. The first-order valence-electron chi connectivity index (χ1n) is 10.3. The number of carboxylic acids is 1. The van der Waals surface area contributed by atoms with Gasteiger partial charge in [-0.2, -0.15) is 0 Å². The molecule has 13 nitrogen and oxygen atoms in total. The quantitative estimate of drug-likeness (QED) is 0.0883. The average molecular weight is 474 g/mol. The third-order valence-electron chi connectivity index (χ3n) is 5.14. The molecule has 0 saturated carbocycles. The minimum atomic E-state index is -1.90. The van der Waals surface area contributed by atoms with Crippen LogP contribution in [0, 0.1) is 11.8 Å². The molecule has 10 atom stereocenters. The van der Waals surface area contributed by atoms with Crippen molar-refractivity contribution in [2.75, 3.05) is 26.9 Å². The number of aliphatic hydroxyl groups excluding tert-OH is 7. The largest absolute Gasteiger partial charge is 0.481 e. The first-order valence-corrected chi connectivity index (χ1v) is 10.3. The van der Waals surface area contributed by atoms with Crippen molar-refractivity contribution in [3.63, 3.8) is 0 Å². The van der Waals surface area contributed by atoms with Crippen molar-refractivity contribution < 1.29 is 59.9 Å². The van der Waals surface area contributed by atoms with Crippen LogP contribution in [0.5, 0.6) is 0 Å². The van der Waals surface area contributed by atoms with E-state index in [4.69, 9.17) is 25.1 Å². The molecule has 13 heteroatoms. The van der Waals surface area contributed by atoms with Crippen molar-refractivity contribution in [2.24, 2.45) is 17.6 Å². The monoisotopic (exact) mass is 473 g/mol. The van der Waals surface area contributed by atoms with E-state index in [-0.39, 0.29) is 26.0 Å². The number of hydrogen-bond donors (Lipinski definition) is 9. The van der Waals surface area contributed by atoms with Gasteiger partial charge in [0.2, 0.25) is 0 Å². The molecule has 0 aliphatic carbocycles. The molecule has 10 unspecified atom stereocenters. The molecule has 0 spiro atoms. The molecule has 0 radical (unpaired) electrons. The number of carbonyl (C=O) groups is 1. The highest BCUT2D eigenvalue weighted by Gasteiger charge is 2.41. The molecule has 0 fully saturated rings. The summed E-state index contributed by atoms with van der Waals surface area (Å²) in [5.41, 5.74) is 5.32. The van der Waals surface area contributed by atoms with Crippen molar-refractivity contribution >= 4 is 5.97 Å². The molecule has 0 aromatic rings. The summed E-state index contributed by atoms with van der Waals surface area (Å²) in [5, 5.41) is 79.9. The van der Waals surface area contributed by atoms with Gasteiger partial charge >= 0.3 is 5.97 Å². The van der Waals surface area contributed by atoms with Crippen molar-refractivity contribution in [3.05, 3.63) is 0 Å². The highest BCUT2D eigenvalue weighted by Crippen LogP contribution is 2.22. The minimum Gasteiger partial charge on any atom is -0.481 e. The summed E-state index contributed by atoms with van der Waals surface area (Å²) >= 11 is 0. The van der Waals surface area contributed by atoms with Gasteiger partial charge in [-0.05, 0) is 12.3 Å². The van der Waals surface area contributed by atoms with Gasteiger partial charge in [0.15, 0.2) is 12.6 Å². The molecule has 0 rings (SSSR count). The SMILES string of the molecule is COC(OC(C(O)OCCN)C(O)C(O)C(C)CO)C(O)C(O)C(O)C(C)CCC(=O)O. The molecule has 0 saturated heterocycles. The summed E-state index contributed by atoms with van der Waals surface area (Å²) in [7, 11) is 1.09. The van der Waals surface area contributed by atoms with E-state index in [1.54, 1.807) is 0 Å². The Bertz CT molecular complexity index is 513. The second kappa shape index (κ2) is 15.8. The van der Waals surface area contributed by atoms with Crippen LogP contribution < -0.4 is 5.73 Å². The van der Waals surface area contributed by atoms with Crippen LogP contribution >= 0.6 is 0 Å². The van der Waals surface area contributed by atoms with Crippen LogP contribution in [-0.4, -0.2) is 123 Å². The van der Waals surface area contributed by atoms with Gasteiger partial charge in [0.25, 0.3) is 0 Å². The zero-order valence-corrected chi connectivity index (χ0v) is 18.6. The fraction of sp³-hybridized carbons (Fsp3) is 0.947. The molecular weight excluding hydrogens is 434 g/mol. The Morgan fingerprint density at radius 1 is 0.906 bits per heavy atom. The van der Waals surface area contributed by atoms with E-state index in [0.29, 0.717) is 0 Å². The van der Waals surface area contributed by atoms with E-state index in [1.807, 2.05) is 0 Å². The average Bonchev–Trinajstić information content (AvgIpc) is 2.78. The Morgan fingerprint density at radius 2 is 1.47 bits per heavy atom. The first-order chi connectivity index (χ1) is 14.9. The highest BCUT2D eigenvalue weighted by atomic mass is 16.7. The van der Waals surface area contributed by atoms with Crippen molar-refractivity contribution in [3.8, 4) is 0 Å². The second-order valence-electron chi connectivity index (χ2n) is 7.78. The van der Waals surface area contributed by atoms with E-state index < -0.39 is 73.6 Å². The van der Waals surface area contributed by atoms with Crippen LogP contribution in [0.15, 0.2) is 0 Å². The Kier molecular flexibility index (Phi) is 15.3. The maximum Gasteiger partial charge on any atom is 0.303 e. The number of carboxylic acid groups (broad SMARTS) is 1. The van der Waals surface area contributed by atoms with Crippen molar-refractivity contribution in [1.82, 2.24) is 0 Å². The highest BCUT2D eigenvalue weighted by molar-refractivity contribution is 5.66. The lowest BCUT2D eigenvalue weighted by Gasteiger charge is -2.37. The van der Waals surface area contributed by atoms with Crippen LogP contribution in [0.3, 0.4) is 0 Å². The summed E-state index contributed by atoms with van der Waals surface area (Å²) in [6.07, 6.45) is -14.2. The lowest BCUT2D eigenvalue weighted by Crippen LogP contribution is -2.55. The third-order valence-corrected chi connectivity index (χ3v) is 5.14. The molecule has 10 N–H and O–H groups in total. The van der Waals surface area contributed by atoms with Gasteiger partial charge in [0.1, 0.15) is 24.4 Å². The van der Waals surface area contributed by atoms with Crippen LogP contribution in [-0.2, 0) is 19.0 Å². The maximum atomic E-state index is 10.7. The number of ether oxygens (including phenoxy) is 3. The summed E-state index contributed by atoms with van der Waals surface area (Å²) in [6.45, 7) is 2.31. The van der Waals surface area contributed by atoms with Gasteiger partial charge in [0.05, 0.1) is 18.8 Å². The molecule has 0 amide bonds. The maximum absolute atomic E-state index is 10.7. The predicted molar refractivity (Wildman–Crippen MR) is 109 cm³/mol. The number of hydrogen-bond acceptors (Lipinski definition) is 12. The first kappa shape index (κ1) is 31.0. The van der Waals surface area contributed by atoms with E-state index in [0.717, 1.165) is 7.11 Å². The fourth-order valence-electron chi connectivity index (χ4n) is 2.89. The van der Waals surface area contributed by atoms with Gasteiger partial charge in [-0.1, -0.05) is 13.8 Å². The Balaban J connectivity index is 5.46. The molecular formula is C19H39NO12. The number of rotatable bonds is 18. The van der Waals surface area contributed by atoms with E-state index >= 15 is 0 Å². The normalized spacial score (nSPS) is 21.6. The van der Waals surface area contributed by atoms with Crippen molar-refractivity contribution in [2.45, 2.75) is 75.9 Å². The minimum absolute atomic E-state index is 0.0188. The van der Waals surface area contributed by atoms with Gasteiger partial charge in [-0.25, -0.2) is 0 Å². The smallest absolute Gasteiger partial charge is 0.303 e. The van der Waals surface area contributed by atoms with Crippen LogP contribution in [0.25, 0.3) is 0 Å². The molecule has 0 aromatic heterocycles. The molecule has 0 aromatic carbocycles. The standard InChI is InChI=1S/C19H39NO12/c1-9(4-5-11(22)23)12(24)14(26)16(28)19(30-3)32-17(18(29)31-7-6-20)15(27)13(25)10(2)8-21/h9-10,12-19,21,24-29H,4-8,20H2,1-3H3,(H,22,23). The molecule has 0 aliphatic heterocycles. The van der Waals surface area contributed by atoms with Crippen LogP contribution in [0.4, 0.5) is 0 Å². The number of nitrogens with two attached hydrogens (primary N) is 1. The van der Waals surface area contributed by atoms with Gasteiger partial charge in [0, 0.05) is 32.6 Å². The van der Waals surface area contributed by atoms with Gasteiger partial charge in [-0.15, -0.1) is 0 Å². The summed E-state index contributed by atoms with van der Waals surface area (Å²) in [5.74, 6) is -2.61. The third kappa shape index (κ3) is 9.89. The lowest BCUT2D eigenvalue weighted by molar-refractivity contribution is -0.296. The van der Waals surface area contributed by atoms with Crippen LogP contribution in [0.1, 0.15) is 26.7 Å².